The van der Waals surface area contributed by atoms with Gasteiger partial charge in [0.1, 0.15) is 0 Å². The van der Waals surface area contributed by atoms with Crippen molar-refractivity contribution in [2.75, 3.05) is 13.3 Å². The van der Waals surface area contributed by atoms with Crippen LogP contribution in [0, 0.1) is 5.41 Å². The van der Waals surface area contributed by atoms with E-state index in [1.54, 1.807) is 0 Å². The van der Waals surface area contributed by atoms with Crippen molar-refractivity contribution in [3.8, 4) is 0 Å². The first-order valence-corrected chi connectivity index (χ1v) is 6.29. The van der Waals surface area contributed by atoms with E-state index in [-0.39, 0.29) is 5.60 Å². The van der Waals surface area contributed by atoms with Crippen molar-refractivity contribution in [1.29, 1.82) is 0 Å². The molecule has 0 amide bonds. The fraction of sp³-hybridized carbons (Fsp3) is 1.00. The summed E-state index contributed by atoms with van der Waals surface area (Å²) in [5.41, 5.74) is 0.620. The number of rotatable bonds is 3. The first-order valence-electron chi connectivity index (χ1n) is 6.29. The van der Waals surface area contributed by atoms with E-state index in [4.69, 9.17) is 4.74 Å². The van der Waals surface area contributed by atoms with Crippen LogP contribution in [0.5, 0.6) is 0 Å². The Kier molecular flexibility index (Phi) is 2.85. The van der Waals surface area contributed by atoms with Gasteiger partial charge in [0.15, 0.2) is 0 Å². The van der Waals surface area contributed by atoms with Crippen molar-refractivity contribution in [1.82, 2.24) is 4.90 Å². The Hall–Kier alpha value is -0.0800. The van der Waals surface area contributed by atoms with Gasteiger partial charge in [-0.3, -0.25) is 4.90 Å². The molecule has 2 rings (SSSR count). The van der Waals surface area contributed by atoms with E-state index < -0.39 is 0 Å². The SMILES string of the molecule is CC(C)(C)OCN1CCCC1C1(C)CC1. The standard InChI is InChI=1S/C13H25NO/c1-12(2,3)15-10-14-9-5-6-11(14)13(4)7-8-13/h11H,5-10H2,1-4H3. The van der Waals surface area contributed by atoms with Crippen LogP contribution < -0.4 is 0 Å². The number of hydrogen-bond donors (Lipinski definition) is 0. The lowest BCUT2D eigenvalue weighted by molar-refractivity contribution is -0.0737. The van der Waals surface area contributed by atoms with Crippen molar-refractivity contribution in [3.05, 3.63) is 0 Å². The highest BCUT2D eigenvalue weighted by Gasteiger charge is 2.48. The van der Waals surface area contributed by atoms with Gasteiger partial charge in [0, 0.05) is 12.6 Å². The summed E-state index contributed by atoms with van der Waals surface area (Å²) < 4.78 is 5.89. The van der Waals surface area contributed by atoms with E-state index >= 15 is 0 Å². The van der Waals surface area contributed by atoms with Crippen LogP contribution in [-0.4, -0.2) is 29.8 Å². The van der Waals surface area contributed by atoms with E-state index in [0.29, 0.717) is 5.41 Å². The molecule has 0 aromatic carbocycles. The monoisotopic (exact) mass is 211 g/mol. The molecule has 2 fully saturated rings. The summed E-state index contributed by atoms with van der Waals surface area (Å²) in [6, 6.07) is 0.792. The van der Waals surface area contributed by atoms with Crippen LogP contribution in [-0.2, 0) is 4.74 Å². The highest BCUT2D eigenvalue weighted by atomic mass is 16.5. The molecular formula is C13H25NO. The maximum atomic E-state index is 5.89. The molecule has 1 atom stereocenters. The second-order valence-corrected chi connectivity index (χ2v) is 6.51. The van der Waals surface area contributed by atoms with Gasteiger partial charge in [-0.1, -0.05) is 6.92 Å². The minimum Gasteiger partial charge on any atom is -0.360 e. The van der Waals surface area contributed by atoms with Crippen LogP contribution in [0.25, 0.3) is 0 Å². The third-order valence-corrected chi connectivity index (χ3v) is 3.87. The van der Waals surface area contributed by atoms with Crippen LogP contribution >= 0.6 is 0 Å². The number of nitrogens with zero attached hydrogens (tertiary/aromatic N) is 1. The van der Waals surface area contributed by atoms with E-state index in [1.807, 2.05) is 0 Å². The highest BCUT2D eigenvalue weighted by molar-refractivity contribution is 5.01. The molecule has 0 spiro atoms. The zero-order chi connectivity index (χ0) is 11.1. The molecule has 0 bridgehead atoms. The van der Waals surface area contributed by atoms with Crippen molar-refractivity contribution in [2.24, 2.45) is 5.41 Å². The topological polar surface area (TPSA) is 12.5 Å². The lowest BCUT2D eigenvalue weighted by Gasteiger charge is -2.32. The van der Waals surface area contributed by atoms with Crippen molar-refractivity contribution in [2.45, 2.75) is 65.0 Å². The molecular weight excluding hydrogens is 186 g/mol. The zero-order valence-electron chi connectivity index (χ0n) is 10.7. The fourth-order valence-corrected chi connectivity index (χ4v) is 2.58. The number of hydrogen-bond acceptors (Lipinski definition) is 2. The smallest absolute Gasteiger partial charge is 0.0999 e. The van der Waals surface area contributed by atoms with E-state index in [0.717, 1.165) is 12.8 Å². The summed E-state index contributed by atoms with van der Waals surface area (Å²) in [5, 5.41) is 0. The van der Waals surface area contributed by atoms with Gasteiger partial charge >= 0.3 is 0 Å². The van der Waals surface area contributed by atoms with Gasteiger partial charge in [-0.2, -0.15) is 0 Å². The van der Waals surface area contributed by atoms with E-state index in [9.17, 15) is 0 Å². The van der Waals surface area contributed by atoms with Crippen molar-refractivity contribution >= 4 is 0 Å². The molecule has 1 aliphatic carbocycles. The van der Waals surface area contributed by atoms with E-state index in [2.05, 4.69) is 32.6 Å². The fourth-order valence-electron chi connectivity index (χ4n) is 2.58. The van der Waals surface area contributed by atoms with Crippen LogP contribution in [0.4, 0.5) is 0 Å². The molecule has 0 aromatic rings. The van der Waals surface area contributed by atoms with Crippen LogP contribution in [0.1, 0.15) is 53.4 Å². The maximum absolute atomic E-state index is 5.89. The normalized spacial score (nSPS) is 30.8. The van der Waals surface area contributed by atoms with Crippen molar-refractivity contribution in [3.63, 3.8) is 0 Å². The molecule has 88 valence electrons. The van der Waals surface area contributed by atoms with Gasteiger partial charge in [0.2, 0.25) is 0 Å². The summed E-state index contributed by atoms with van der Waals surface area (Å²) in [4.78, 5) is 2.55. The summed E-state index contributed by atoms with van der Waals surface area (Å²) >= 11 is 0. The van der Waals surface area contributed by atoms with Crippen LogP contribution in [0.2, 0.25) is 0 Å². The Morgan fingerprint density at radius 3 is 2.53 bits per heavy atom. The predicted octanol–water partition coefficient (Wildman–Crippen LogP) is 3.02. The minimum absolute atomic E-state index is 0.00239. The predicted molar refractivity (Wildman–Crippen MR) is 62.8 cm³/mol. The van der Waals surface area contributed by atoms with Gasteiger partial charge < -0.3 is 4.74 Å². The minimum atomic E-state index is -0.00239. The molecule has 1 saturated carbocycles. The Balaban J connectivity index is 1.86. The van der Waals surface area contributed by atoms with Gasteiger partial charge in [-0.25, -0.2) is 0 Å². The Bertz CT molecular complexity index is 227. The quantitative estimate of drug-likeness (QED) is 0.711. The van der Waals surface area contributed by atoms with Crippen molar-refractivity contribution < 1.29 is 4.74 Å². The van der Waals surface area contributed by atoms with Gasteiger partial charge in [-0.15, -0.1) is 0 Å². The van der Waals surface area contributed by atoms with E-state index in [1.165, 1.54) is 32.2 Å². The van der Waals surface area contributed by atoms with Gasteiger partial charge in [0.05, 0.1) is 12.3 Å². The largest absolute Gasteiger partial charge is 0.360 e. The Morgan fingerprint density at radius 1 is 1.33 bits per heavy atom. The van der Waals surface area contributed by atoms with Gasteiger partial charge in [0.25, 0.3) is 0 Å². The first kappa shape index (κ1) is 11.4. The Labute approximate surface area is 94.0 Å². The van der Waals surface area contributed by atoms with Crippen LogP contribution in [0.15, 0.2) is 0 Å². The second kappa shape index (κ2) is 3.74. The average molecular weight is 211 g/mol. The van der Waals surface area contributed by atoms with Gasteiger partial charge in [-0.05, 0) is 51.9 Å². The number of ether oxygens (including phenoxy) is 1. The molecule has 1 heterocycles. The summed E-state index contributed by atoms with van der Waals surface area (Å²) in [6.45, 7) is 10.9. The molecule has 1 saturated heterocycles. The highest BCUT2D eigenvalue weighted by Crippen LogP contribution is 2.52. The number of likely N-dealkylation sites (tertiary alicyclic amines) is 1. The molecule has 0 aromatic heterocycles. The summed E-state index contributed by atoms with van der Waals surface area (Å²) in [6.07, 6.45) is 5.57. The summed E-state index contributed by atoms with van der Waals surface area (Å²) in [7, 11) is 0. The molecule has 2 heteroatoms. The lowest BCUT2D eigenvalue weighted by atomic mass is 9.97. The third-order valence-electron chi connectivity index (χ3n) is 3.87. The second-order valence-electron chi connectivity index (χ2n) is 6.51. The third kappa shape index (κ3) is 2.73. The molecule has 2 nitrogen and oxygen atoms in total. The molecule has 0 radical (unpaired) electrons. The first-order chi connectivity index (χ1) is 6.91. The Morgan fingerprint density at radius 2 is 2.00 bits per heavy atom. The molecule has 15 heavy (non-hydrogen) atoms. The average Bonchev–Trinajstić information content (AvgIpc) is 2.69. The molecule has 1 unspecified atom stereocenters. The molecule has 0 N–H and O–H groups in total. The van der Waals surface area contributed by atoms with Crippen LogP contribution in [0.3, 0.4) is 0 Å². The lowest BCUT2D eigenvalue weighted by Crippen LogP contribution is -2.39. The maximum Gasteiger partial charge on any atom is 0.0999 e. The summed E-state index contributed by atoms with van der Waals surface area (Å²) in [5.74, 6) is 0. The molecule has 1 aliphatic heterocycles. The zero-order valence-corrected chi connectivity index (χ0v) is 10.7. The molecule has 2 aliphatic rings.